The van der Waals surface area contributed by atoms with Crippen LogP contribution in [0.25, 0.3) is 0 Å². The maximum Gasteiger partial charge on any atom is 0.184 e. The van der Waals surface area contributed by atoms with Crippen LogP contribution in [0.1, 0.15) is 5.56 Å². The van der Waals surface area contributed by atoms with Gasteiger partial charge in [-0.2, -0.15) is 0 Å². The first-order valence-electron chi connectivity index (χ1n) is 5.77. The van der Waals surface area contributed by atoms with Gasteiger partial charge in [-0.15, -0.1) is 0 Å². The molecular formula is C13H11ClF2N2O2S. The van der Waals surface area contributed by atoms with Gasteiger partial charge in [-0.1, -0.05) is 23.7 Å². The molecule has 2 aromatic carbocycles. The predicted octanol–water partition coefficient (Wildman–Crippen LogP) is 2.88. The highest BCUT2D eigenvalue weighted by molar-refractivity contribution is 7.90. The highest BCUT2D eigenvalue weighted by Gasteiger charge is 2.23. The highest BCUT2D eigenvalue weighted by Crippen LogP contribution is 2.27. The number of hydrogen-bond acceptors (Lipinski definition) is 4. The fourth-order valence-corrected chi connectivity index (χ4v) is 3.74. The molecule has 0 heterocycles. The maximum atomic E-state index is 13.8. The summed E-state index contributed by atoms with van der Waals surface area (Å²) in [5, 5.41) is -0.00133. The highest BCUT2D eigenvalue weighted by atomic mass is 35.5. The SMILES string of the molecule is NNc1cc(F)c(CS(=O)(=O)c2ccccc2Cl)c(F)c1. The molecule has 0 saturated carbocycles. The molecule has 0 radical (unpaired) electrons. The van der Waals surface area contributed by atoms with Crippen molar-refractivity contribution in [3.8, 4) is 0 Å². The summed E-state index contributed by atoms with van der Waals surface area (Å²) in [6.45, 7) is 0. The van der Waals surface area contributed by atoms with Gasteiger partial charge in [0.25, 0.3) is 0 Å². The first-order valence-corrected chi connectivity index (χ1v) is 7.80. The molecule has 0 aliphatic carbocycles. The van der Waals surface area contributed by atoms with Gasteiger partial charge < -0.3 is 5.43 Å². The van der Waals surface area contributed by atoms with Crippen LogP contribution < -0.4 is 11.3 Å². The molecule has 4 nitrogen and oxygen atoms in total. The van der Waals surface area contributed by atoms with Gasteiger partial charge >= 0.3 is 0 Å². The second-order valence-electron chi connectivity index (χ2n) is 4.25. The minimum atomic E-state index is -3.97. The van der Waals surface area contributed by atoms with Crippen molar-refractivity contribution in [1.82, 2.24) is 0 Å². The molecule has 3 N–H and O–H groups in total. The quantitative estimate of drug-likeness (QED) is 0.667. The van der Waals surface area contributed by atoms with Crippen molar-refractivity contribution in [3.63, 3.8) is 0 Å². The Morgan fingerprint density at radius 2 is 1.71 bits per heavy atom. The van der Waals surface area contributed by atoms with Crippen molar-refractivity contribution >= 4 is 27.1 Å². The van der Waals surface area contributed by atoms with Crippen molar-refractivity contribution in [2.75, 3.05) is 5.43 Å². The molecule has 0 atom stereocenters. The van der Waals surface area contributed by atoms with Crippen LogP contribution in [0.2, 0.25) is 5.02 Å². The maximum absolute atomic E-state index is 13.8. The predicted molar refractivity (Wildman–Crippen MR) is 76.5 cm³/mol. The number of rotatable bonds is 4. The standard InChI is InChI=1S/C13H11ClF2N2O2S/c14-10-3-1-2-4-13(10)21(19,20)7-9-11(15)5-8(18-17)6-12(9)16/h1-6,18H,7,17H2. The number of nitrogens with one attached hydrogen (secondary N) is 1. The summed E-state index contributed by atoms with van der Waals surface area (Å²) in [6, 6.07) is 7.55. The zero-order valence-electron chi connectivity index (χ0n) is 10.6. The van der Waals surface area contributed by atoms with E-state index in [-0.39, 0.29) is 15.6 Å². The minimum absolute atomic E-state index is 0.00133. The van der Waals surface area contributed by atoms with Crippen molar-refractivity contribution in [2.24, 2.45) is 5.84 Å². The van der Waals surface area contributed by atoms with Crippen LogP contribution >= 0.6 is 11.6 Å². The largest absolute Gasteiger partial charge is 0.324 e. The zero-order chi connectivity index (χ0) is 15.6. The lowest BCUT2D eigenvalue weighted by Gasteiger charge is -2.10. The van der Waals surface area contributed by atoms with Gasteiger partial charge in [-0.3, -0.25) is 5.84 Å². The molecule has 0 amide bonds. The number of hydrazine groups is 1. The Bertz CT molecular complexity index is 758. The van der Waals surface area contributed by atoms with Gasteiger partial charge in [0, 0.05) is 5.56 Å². The van der Waals surface area contributed by atoms with Gasteiger partial charge in [0.2, 0.25) is 0 Å². The Kier molecular flexibility index (Phi) is 4.46. The molecule has 0 bridgehead atoms. The normalized spacial score (nSPS) is 11.4. The number of hydrogen-bond donors (Lipinski definition) is 2. The Morgan fingerprint density at radius 1 is 1.14 bits per heavy atom. The van der Waals surface area contributed by atoms with E-state index < -0.39 is 32.8 Å². The van der Waals surface area contributed by atoms with E-state index in [0.717, 1.165) is 12.1 Å². The van der Waals surface area contributed by atoms with E-state index in [9.17, 15) is 17.2 Å². The summed E-state index contributed by atoms with van der Waals surface area (Å²) in [5.41, 5.74) is 1.53. The number of nitrogens with two attached hydrogens (primary N) is 1. The van der Waals surface area contributed by atoms with Crippen molar-refractivity contribution in [2.45, 2.75) is 10.6 Å². The second kappa shape index (κ2) is 5.97. The number of halogens is 3. The Balaban J connectivity index is 2.45. The lowest BCUT2D eigenvalue weighted by molar-refractivity contribution is 0.556. The zero-order valence-corrected chi connectivity index (χ0v) is 12.2. The van der Waals surface area contributed by atoms with Gasteiger partial charge in [0.05, 0.1) is 21.4 Å². The molecule has 0 aliphatic heterocycles. The monoisotopic (exact) mass is 332 g/mol. The smallest absolute Gasteiger partial charge is 0.184 e. The van der Waals surface area contributed by atoms with Crippen molar-refractivity contribution < 1.29 is 17.2 Å². The summed E-state index contributed by atoms with van der Waals surface area (Å²) in [4.78, 5) is -0.175. The van der Waals surface area contributed by atoms with Crippen LogP contribution in [0, 0.1) is 11.6 Å². The molecule has 0 unspecified atom stereocenters. The molecule has 0 aliphatic rings. The number of benzene rings is 2. The average molecular weight is 333 g/mol. The van der Waals surface area contributed by atoms with E-state index in [1.165, 1.54) is 18.2 Å². The average Bonchev–Trinajstić information content (AvgIpc) is 2.43. The van der Waals surface area contributed by atoms with Crippen molar-refractivity contribution in [3.05, 3.63) is 58.6 Å². The lowest BCUT2D eigenvalue weighted by Crippen LogP contribution is -2.11. The molecule has 0 aromatic heterocycles. The van der Waals surface area contributed by atoms with Crippen LogP contribution in [0.5, 0.6) is 0 Å². The molecule has 0 saturated heterocycles. The van der Waals surface area contributed by atoms with E-state index in [4.69, 9.17) is 17.4 Å². The van der Waals surface area contributed by atoms with Gasteiger partial charge in [-0.05, 0) is 24.3 Å². The lowest BCUT2D eigenvalue weighted by atomic mass is 10.2. The first kappa shape index (κ1) is 15.7. The minimum Gasteiger partial charge on any atom is -0.324 e. The summed E-state index contributed by atoms with van der Waals surface area (Å²) < 4.78 is 52.1. The first-order chi connectivity index (χ1) is 9.85. The molecule has 0 spiro atoms. The van der Waals surface area contributed by atoms with E-state index in [2.05, 4.69) is 5.43 Å². The summed E-state index contributed by atoms with van der Waals surface area (Å²) in [6.07, 6.45) is 0. The van der Waals surface area contributed by atoms with Crippen molar-refractivity contribution in [1.29, 1.82) is 0 Å². The fourth-order valence-electron chi connectivity index (χ4n) is 1.79. The second-order valence-corrected chi connectivity index (χ2v) is 6.62. The third kappa shape index (κ3) is 3.31. The molecule has 112 valence electrons. The van der Waals surface area contributed by atoms with E-state index in [0.29, 0.717) is 0 Å². The summed E-state index contributed by atoms with van der Waals surface area (Å²) >= 11 is 5.81. The van der Waals surface area contributed by atoms with Crippen LogP contribution in [0.4, 0.5) is 14.5 Å². The molecule has 2 aromatic rings. The summed E-state index contributed by atoms with van der Waals surface area (Å²) in [7, 11) is -3.97. The number of nitrogen functional groups attached to an aromatic ring is 1. The van der Waals surface area contributed by atoms with Crippen LogP contribution in [0.3, 0.4) is 0 Å². The molecule has 8 heteroatoms. The van der Waals surface area contributed by atoms with Gasteiger partial charge in [0.1, 0.15) is 11.6 Å². The number of anilines is 1. The topological polar surface area (TPSA) is 72.2 Å². The van der Waals surface area contributed by atoms with Crippen LogP contribution in [-0.2, 0) is 15.6 Å². The Labute approximate surface area is 125 Å². The molecular weight excluding hydrogens is 322 g/mol. The number of sulfone groups is 1. The molecule has 21 heavy (non-hydrogen) atoms. The Hall–Kier alpha value is -1.70. The fraction of sp³-hybridized carbons (Fsp3) is 0.0769. The molecule has 0 fully saturated rings. The van der Waals surface area contributed by atoms with Gasteiger partial charge in [-0.25, -0.2) is 17.2 Å². The van der Waals surface area contributed by atoms with E-state index in [1.54, 1.807) is 6.07 Å². The molecule has 2 rings (SSSR count). The van der Waals surface area contributed by atoms with Crippen LogP contribution in [0.15, 0.2) is 41.3 Å². The summed E-state index contributed by atoms with van der Waals surface area (Å²) in [5.74, 6) is 2.22. The van der Waals surface area contributed by atoms with E-state index >= 15 is 0 Å². The third-order valence-corrected chi connectivity index (χ3v) is 4.95. The van der Waals surface area contributed by atoms with Gasteiger partial charge in [0.15, 0.2) is 9.84 Å². The Morgan fingerprint density at radius 3 is 2.24 bits per heavy atom. The third-order valence-electron chi connectivity index (χ3n) is 2.81. The van der Waals surface area contributed by atoms with E-state index in [1.807, 2.05) is 0 Å². The van der Waals surface area contributed by atoms with Crippen LogP contribution in [-0.4, -0.2) is 8.42 Å².